The van der Waals surface area contributed by atoms with Gasteiger partial charge in [-0.05, 0) is 31.7 Å². The predicted molar refractivity (Wildman–Crippen MR) is 80.1 cm³/mol. The number of nitrogens with one attached hydrogen (secondary N) is 1. The number of hydrogen-bond acceptors (Lipinski definition) is 3. The highest BCUT2D eigenvalue weighted by Crippen LogP contribution is 2.35. The van der Waals surface area contributed by atoms with Crippen molar-refractivity contribution < 1.29 is 4.74 Å². The van der Waals surface area contributed by atoms with E-state index >= 15 is 0 Å². The Labute approximate surface area is 120 Å². The van der Waals surface area contributed by atoms with E-state index in [0.29, 0.717) is 18.4 Å². The molecule has 1 N–H and O–H groups in total. The molecule has 0 bridgehead atoms. The Morgan fingerprint density at radius 1 is 1.53 bits per heavy atom. The van der Waals surface area contributed by atoms with Gasteiger partial charge in [-0.1, -0.05) is 25.8 Å². The fourth-order valence-corrected chi connectivity index (χ4v) is 3.22. The van der Waals surface area contributed by atoms with Crippen molar-refractivity contribution >= 4 is 17.4 Å². The molecule has 2 atom stereocenters. The second-order valence-corrected chi connectivity index (χ2v) is 5.80. The molecule has 1 aromatic heterocycles. The predicted octanol–water partition coefficient (Wildman–Crippen LogP) is 4.08. The smallest absolute Gasteiger partial charge is 0.215 e. The number of pyridine rings is 1. The average molecular weight is 283 g/mol. The molecule has 0 aromatic carbocycles. The van der Waals surface area contributed by atoms with Gasteiger partial charge in [-0.3, -0.25) is 0 Å². The van der Waals surface area contributed by atoms with Gasteiger partial charge in [-0.2, -0.15) is 4.98 Å². The van der Waals surface area contributed by atoms with Crippen LogP contribution >= 0.6 is 11.6 Å². The summed E-state index contributed by atoms with van der Waals surface area (Å²) >= 11 is 6.23. The first-order valence-electron chi connectivity index (χ1n) is 7.11. The number of hydrogen-bond donors (Lipinski definition) is 1. The van der Waals surface area contributed by atoms with E-state index in [-0.39, 0.29) is 5.54 Å². The van der Waals surface area contributed by atoms with Crippen LogP contribution in [0.2, 0.25) is 0 Å². The SMILES string of the molecule is CCOc1cccc(NC2(CCl)CCCC(C)C2)n1. The van der Waals surface area contributed by atoms with E-state index in [9.17, 15) is 0 Å². The van der Waals surface area contributed by atoms with Crippen molar-refractivity contribution in [3.63, 3.8) is 0 Å². The molecule has 106 valence electrons. The molecule has 2 unspecified atom stereocenters. The molecule has 1 aromatic rings. The maximum absolute atomic E-state index is 6.23. The van der Waals surface area contributed by atoms with Crippen LogP contribution in [-0.2, 0) is 0 Å². The third-order valence-corrected chi connectivity index (χ3v) is 4.27. The Kier molecular flexibility index (Phi) is 4.92. The van der Waals surface area contributed by atoms with Crippen LogP contribution in [0, 0.1) is 5.92 Å². The van der Waals surface area contributed by atoms with E-state index < -0.39 is 0 Å². The first-order valence-corrected chi connectivity index (χ1v) is 7.65. The number of halogens is 1. The molecule has 3 nitrogen and oxygen atoms in total. The van der Waals surface area contributed by atoms with Crippen molar-refractivity contribution in [1.29, 1.82) is 0 Å². The molecule has 0 saturated heterocycles. The molecule has 1 aliphatic rings. The number of alkyl halides is 1. The van der Waals surface area contributed by atoms with Crippen molar-refractivity contribution in [2.24, 2.45) is 5.92 Å². The zero-order chi connectivity index (χ0) is 13.7. The highest BCUT2D eigenvalue weighted by molar-refractivity contribution is 6.18. The van der Waals surface area contributed by atoms with Gasteiger partial charge in [0.05, 0.1) is 12.1 Å². The Balaban J connectivity index is 2.11. The van der Waals surface area contributed by atoms with Gasteiger partial charge in [0, 0.05) is 11.9 Å². The minimum atomic E-state index is -0.0168. The van der Waals surface area contributed by atoms with Gasteiger partial charge in [-0.25, -0.2) is 0 Å². The first kappa shape index (κ1) is 14.4. The molecule has 1 saturated carbocycles. The molecule has 1 fully saturated rings. The van der Waals surface area contributed by atoms with Gasteiger partial charge < -0.3 is 10.1 Å². The molecule has 2 rings (SSSR count). The van der Waals surface area contributed by atoms with Gasteiger partial charge >= 0.3 is 0 Å². The van der Waals surface area contributed by atoms with E-state index in [1.54, 1.807) is 0 Å². The normalized spacial score (nSPS) is 27.0. The molecular weight excluding hydrogens is 260 g/mol. The lowest BCUT2D eigenvalue weighted by Crippen LogP contribution is -2.44. The van der Waals surface area contributed by atoms with E-state index in [1.807, 2.05) is 25.1 Å². The number of nitrogens with zero attached hydrogens (tertiary/aromatic N) is 1. The second kappa shape index (κ2) is 6.47. The van der Waals surface area contributed by atoms with Crippen LogP contribution in [0.4, 0.5) is 5.82 Å². The fourth-order valence-electron chi connectivity index (χ4n) is 2.91. The van der Waals surface area contributed by atoms with Crippen LogP contribution in [-0.4, -0.2) is 23.0 Å². The highest BCUT2D eigenvalue weighted by Gasteiger charge is 2.34. The zero-order valence-corrected chi connectivity index (χ0v) is 12.5. The van der Waals surface area contributed by atoms with Crippen molar-refractivity contribution in [2.45, 2.75) is 45.1 Å². The number of aromatic nitrogens is 1. The third-order valence-electron chi connectivity index (χ3n) is 3.76. The van der Waals surface area contributed by atoms with E-state index in [2.05, 4.69) is 17.2 Å². The lowest BCUT2D eigenvalue weighted by atomic mass is 9.77. The van der Waals surface area contributed by atoms with Gasteiger partial charge in [0.25, 0.3) is 0 Å². The Morgan fingerprint density at radius 2 is 2.37 bits per heavy atom. The fraction of sp³-hybridized carbons (Fsp3) is 0.667. The van der Waals surface area contributed by atoms with Crippen LogP contribution in [0.25, 0.3) is 0 Å². The molecule has 0 amide bonds. The van der Waals surface area contributed by atoms with E-state index in [1.165, 1.54) is 12.8 Å². The van der Waals surface area contributed by atoms with Crippen molar-refractivity contribution in [2.75, 3.05) is 17.8 Å². The summed E-state index contributed by atoms with van der Waals surface area (Å²) in [5, 5.41) is 3.55. The molecule has 0 radical (unpaired) electrons. The maximum atomic E-state index is 6.23. The molecule has 0 aliphatic heterocycles. The van der Waals surface area contributed by atoms with Gasteiger partial charge in [0.2, 0.25) is 5.88 Å². The molecule has 4 heteroatoms. The summed E-state index contributed by atoms with van der Waals surface area (Å²) in [7, 11) is 0. The topological polar surface area (TPSA) is 34.1 Å². The molecule has 1 aliphatic carbocycles. The lowest BCUT2D eigenvalue weighted by molar-refractivity contribution is 0.278. The number of anilines is 1. The summed E-state index contributed by atoms with van der Waals surface area (Å²) in [6.07, 6.45) is 4.75. The van der Waals surface area contributed by atoms with Crippen LogP contribution < -0.4 is 10.1 Å². The minimum absolute atomic E-state index is 0.0168. The summed E-state index contributed by atoms with van der Waals surface area (Å²) in [5.41, 5.74) is -0.0168. The summed E-state index contributed by atoms with van der Waals surface area (Å²) in [6.45, 7) is 4.89. The minimum Gasteiger partial charge on any atom is -0.478 e. The standard InChI is InChI=1S/C15H23ClN2O/c1-3-19-14-8-4-7-13(17-14)18-15(11-16)9-5-6-12(2)10-15/h4,7-8,12H,3,5-6,9-11H2,1-2H3,(H,17,18). The summed E-state index contributed by atoms with van der Waals surface area (Å²) < 4.78 is 5.44. The Morgan fingerprint density at radius 3 is 3.05 bits per heavy atom. The molecular formula is C15H23ClN2O. The van der Waals surface area contributed by atoms with Crippen LogP contribution in [0.5, 0.6) is 5.88 Å². The van der Waals surface area contributed by atoms with Gasteiger partial charge in [-0.15, -0.1) is 11.6 Å². The van der Waals surface area contributed by atoms with Crippen molar-refractivity contribution in [1.82, 2.24) is 4.98 Å². The van der Waals surface area contributed by atoms with Crippen LogP contribution in [0.1, 0.15) is 39.5 Å². The summed E-state index contributed by atoms with van der Waals surface area (Å²) in [4.78, 5) is 4.48. The monoisotopic (exact) mass is 282 g/mol. The third kappa shape index (κ3) is 3.75. The van der Waals surface area contributed by atoms with Crippen molar-refractivity contribution in [3.05, 3.63) is 18.2 Å². The van der Waals surface area contributed by atoms with E-state index in [0.717, 1.165) is 24.6 Å². The Hall–Kier alpha value is -0.960. The van der Waals surface area contributed by atoms with Crippen LogP contribution in [0.3, 0.4) is 0 Å². The van der Waals surface area contributed by atoms with Gasteiger partial charge in [0.15, 0.2) is 0 Å². The Bertz CT molecular complexity index is 413. The first-order chi connectivity index (χ1) is 9.17. The largest absolute Gasteiger partial charge is 0.478 e. The maximum Gasteiger partial charge on any atom is 0.215 e. The highest BCUT2D eigenvalue weighted by atomic mass is 35.5. The lowest BCUT2D eigenvalue weighted by Gasteiger charge is -2.39. The summed E-state index contributed by atoms with van der Waals surface area (Å²) in [6, 6.07) is 5.83. The molecule has 19 heavy (non-hydrogen) atoms. The molecule has 0 spiro atoms. The van der Waals surface area contributed by atoms with E-state index in [4.69, 9.17) is 16.3 Å². The summed E-state index contributed by atoms with van der Waals surface area (Å²) in [5.74, 6) is 2.87. The zero-order valence-electron chi connectivity index (χ0n) is 11.8. The number of rotatable bonds is 5. The second-order valence-electron chi connectivity index (χ2n) is 5.53. The average Bonchev–Trinajstić information content (AvgIpc) is 2.39. The molecule has 1 heterocycles. The van der Waals surface area contributed by atoms with Gasteiger partial charge in [0.1, 0.15) is 5.82 Å². The quantitative estimate of drug-likeness (QED) is 0.826. The van der Waals surface area contributed by atoms with Crippen LogP contribution in [0.15, 0.2) is 18.2 Å². The van der Waals surface area contributed by atoms with Crippen molar-refractivity contribution in [3.8, 4) is 5.88 Å². The number of ether oxygens (including phenoxy) is 1.